The Morgan fingerprint density at radius 1 is 0.810 bits per heavy atom. The number of carbonyl (C=O) groups excluding carboxylic acids is 1. The van der Waals surface area contributed by atoms with Crippen molar-refractivity contribution < 1.29 is 4.79 Å². The molecule has 0 aliphatic heterocycles. The van der Waals surface area contributed by atoms with Gasteiger partial charge in [-0.2, -0.15) is 0 Å². The molecule has 2 nitrogen and oxygen atoms in total. The van der Waals surface area contributed by atoms with Crippen LogP contribution in [0.1, 0.15) is 10.4 Å². The lowest BCUT2D eigenvalue weighted by atomic mass is 10.1. The third-order valence-electron chi connectivity index (χ3n) is 3.15. The van der Waals surface area contributed by atoms with Gasteiger partial charge in [-0.15, -0.1) is 0 Å². The molecule has 4 heteroatoms. The minimum Gasteiger partial charge on any atom is -0.322 e. The molecule has 3 rings (SSSR count). The van der Waals surface area contributed by atoms with Gasteiger partial charge in [0.25, 0.3) is 5.91 Å². The molecule has 0 aliphatic carbocycles. The van der Waals surface area contributed by atoms with Gasteiger partial charge in [0, 0.05) is 20.2 Å². The van der Waals surface area contributed by atoms with Gasteiger partial charge in [0.15, 0.2) is 0 Å². The van der Waals surface area contributed by atoms with E-state index in [2.05, 4.69) is 37.2 Å². The van der Waals surface area contributed by atoms with Crippen molar-refractivity contribution in [1.82, 2.24) is 0 Å². The molecule has 1 amide bonds. The fourth-order valence-electron chi connectivity index (χ4n) is 2.13. The van der Waals surface area contributed by atoms with Gasteiger partial charge in [-0.3, -0.25) is 4.79 Å². The predicted molar refractivity (Wildman–Crippen MR) is 93.7 cm³/mol. The van der Waals surface area contributed by atoms with Gasteiger partial charge in [-0.25, -0.2) is 0 Å². The standard InChI is InChI=1S/C17H11Br2NO/c18-14-2-1-3-16(10-14)20-17(21)13-5-4-12-9-15(19)7-6-11(12)8-13/h1-10H,(H,20,21). The van der Waals surface area contributed by atoms with E-state index in [1.807, 2.05) is 60.7 Å². The molecule has 0 heterocycles. The van der Waals surface area contributed by atoms with Crippen LogP contribution in [0.25, 0.3) is 10.8 Å². The van der Waals surface area contributed by atoms with Gasteiger partial charge in [-0.1, -0.05) is 50.1 Å². The van der Waals surface area contributed by atoms with E-state index in [-0.39, 0.29) is 5.91 Å². The summed E-state index contributed by atoms with van der Waals surface area (Å²) in [6.07, 6.45) is 0. The molecule has 21 heavy (non-hydrogen) atoms. The number of amides is 1. The fourth-order valence-corrected chi connectivity index (χ4v) is 2.91. The number of carbonyl (C=O) groups is 1. The summed E-state index contributed by atoms with van der Waals surface area (Å²) in [5.41, 5.74) is 1.41. The molecule has 0 unspecified atom stereocenters. The molecular formula is C17H11Br2NO. The number of nitrogens with one attached hydrogen (secondary N) is 1. The summed E-state index contributed by atoms with van der Waals surface area (Å²) in [7, 11) is 0. The van der Waals surface area contributed by atoms with E-state index < -0.39 is 0 Å². The molecule has 0 aromatic heterocycles. The lowest BCUT2D eigenvalue weighted by Gasteiger charge is -2.07. The maximum absolute atomic E-state index is 12.3. The van der Waals surface area contributed by atoms with Crippen LogP contribution in [0.5, 0.6) is 0 Å². The molecule has 104 valence electrons. The molecule has 0 saturated heterocycles. The van der Waals surface area contributed by atoms with Crippen molar-refractivity contribution >= 4 is 54.2 Å². The summed E-state index contributed by atoms with van der Waals surface area (Å²) in [5, 5.41) is 5.04. The number of fused-ring (bicyclic) bond motifs is 1. The number of hydrogen-bond acceptors (Lipinski definition) is 1. The van der Waals surface area contributed by atoms with Crippen LogP contribution in [-0.2, 0) is 0 Å². The van der Waals surface area contributed by atoms with E-state index in [1.165, 1.54) is 0 Å². The molecule has 0 aliphatic rings. The second-order valence-corrected chi connectivity index (χ2v) is 6.50. The van der Waals surface area contributed by atoms with Crippen LogP contribution in [0.15, 0.2) is 69.6 Å². The summed E-state index contributed by atoms with van der Waals surface area (Å²) >= 11 is 6.84. The van der Waals surface area contributed by atoms with Gasteiger partial charge in [0.1, 0.15) is 0 Å². The number of anilines is 1. The van der Waals surface area contributed by atoms with Crippen LogP contribution >= 0.6 is 31.9 Å². The Hall–Kier alpha value is -1.65. The lowest BCUT2D eigenvalue weighted by Crippen LogP contribution is -2.11. The minimum absolute atomic E-state index is 0.113. The summed E-state index contributed by atoms with van der Waals surface area (Å²) < 4.78 is 1.96. The number of hydrogen-bond donors (Lipinski definition) is 1. The van der Waals surface area contributed by atoms with Crippen LogP contribution < -0.4 is 5.32 Å². The SMILES string of the molecule is O=C(Nc1cccc(Br)c1)c1ccc2cc(Br)ccc2c1. The zero-order valence-corrected chi connectivity index (χ0v) is 14.1. The highest BCUT2D eigenvalue weighted by atomic mass is 79.9. The van der Waals surface area contributed by atoms with Gasteiger partial charge >= 0.3 is 0 Å². The minimum atomic E-state index is -0.113. The van der Waals surface area contributed by atoms with Crippen LogP contribution in [-0.4, -0.2) is 5.91 Å². The third-order valence-corrected chi connectivity index (χ3v) is 4.13. The van der Waals surface area contributed by atoms with E-state index in [9.17, 15) is 4.79 Å². The Morgan fingerprint density at radius 2 is 1.52 bits per heavy atom. The Morgan fingerprint density at radius 3 is 2.33 bits per heavy atom. The van der Waals surface area contributed by atoms with E-state index in [0.717, 1.165) is 25.4 Å². The quantitative estimate of drug-likeness (QED) is 0.590. The summed E-state index contributed by atoms with van der Waals surface area (Å²) in [6.45, 7) is 0. The monoisotopic (exact) mass is 403 g/mol. The first kappa shape index (κ1) is 14.3. The Labute approximate surface area is 139 Å². The second-order valence-electron chi connectivity index (χ2n) is 4.67. The van der Waals surface area contributed by atoms with Crippen molar-refractivity contribution in [2.24, 2.45) is 0 Å². The zero-order chi connectivity index (χ0) is 14.8. The van der Waals surface area contributed by atoms with E-state index in [0.29, 0.717) is 5.56 Å². The fraction of sp³-hybridized carbons (Fsp3) is 0. The van der Waals surface area contributed by atoms with Gasteiger partial charge < -0.3 is 5.32 Å². The van der Waals surface area contributed by atoms with Gasteiger partial charge in [0.05, 0.1) is 0 Å². The Bertz CT molecular complexity index is 830. The second kappa shape index (κ2) is 6.00. The van der Waals surface area contributed by atoms with E-state index in [1.54, 1.807) is 0 Å². The third kappa shape index (κ3) is 3.34. The van der Waals surface area contributed by atoms with Crippen molar-refractivity contribution in [1.29, 1.82) is 0 Å². The number of rotatable bonds is 2. The molecule has 3 aromatic carbocycles. The average molecular weight is 405 g/mol. The molecule has 0 spiro atoms. The Balaban J connectivity index is 1.89. The van der Waals surface area contributed by atoms with Crippen molar-refractivity contribution in [2.45, 2.75) is 0 Å². The Kier molecular flexibility index (Phi) is 4.08. The summed E-state index contributed by atoms with van der Waals surface area (Å²) in [5.74, 6) is -0.113. The van der Waals surface area contributed by atoms with Crippen LogP contribution in [0.2, 0.25) is 0 Å². The lowest BCUT2D eigenvalue weighted by molar-refractivity contribution is 0.102. The summed E-state index contributed by atoms with van der Waals surface area (Å²) in [6, 6.07) is 19.2. The topological polar surface area (TPSA) is 29.1 Å². The average Bonchev–Trinajstić information content (AvgIpc) is 2.46. The van der Waals surface area contributed by atoms with Crippen LogP contribution in [0.3, 0.4) is 0 Å². The largest absolute Gasteiger partial charge is 0.322 e. The van der Waals surface area contributed by atoms with Gasteiger partial charge in [0.2, 0.25) is 0 Å². The maximum atomic E-state index is 12.3. The zero-order valence-electron chi connectivity index (χ0n) is 10.9. The summed E-state index contributed by atoms with van der Waals surface area (Å²) in [4.78, 5) is 12.3. The number of benzene rings is 3. The maximum Gasteiger partial charge on any atom is 0.255 e. The van der Waals surface area contributed by atoms with Crippen molar-refractivity contribution in [3.05, 3.63) is 75.2 Å². The van der Waals surface area contributed by atoms with Crippen molar-refractivity contribution in [2.75, 3.05) is 5.32 Å². The molecule has 1 N–H and O–H groups in total. The first-order valence-electron chi connectivity index (χ1n) is 6.38. The van der Waals surface area contributed by atoms with Crippen molar-refractivity contribution in [3.63, 3.8) is 0 Å². The van der Waals surface area contributed by atoms with E-state index >= 15 is 0 Å². The normalized spacial score (nSPS) is 10.6. The van der Waals surface area contributed by atoms with E-state index in [4.69, 9.17) is 0 Å². The smallest absolute Gasteiger partial charge is 0.255 e. The van der Waals surface area contributed by atoms with Crippen molar-refractivity contribution in [3.8, 4) is 0 Å². The molecule has 0 saturated carbocycles. The first-order chi connectivity index (χ1) is 10.1. The highest BCUT2D eigenvalue weighted by Crippen LogP contribution is 2.22. The van der Waals surface area contributed by atoms with Crippen LogP contribution in [0.4, 0.5) is 5.69 Å². The van der Waals surface area contributed by atoms with Crippen LogP contribution in [0, 0.1) is 0 Å². The molecule has 0 bridgehead atoms. The predicted octanol–water partition coefficient (Wildman–Crippen LogP) is 5.62. The molecule has 0 fully saturated rings. The highest BCUT2D eigenvalue weighted by Gasteiger charge is 2.07. The highest BCUT2D eigenvalue weighted by molar-refractivity contribution is 9.10. The first-order valence-corrected chi connectivity index (χ1v) is 7.97. The molecule has 0 radical (unpaired) electrons. The molecule has 0 atom stereocenters. The van der Waals surface area contributed by atoms with Gasteiger partial charge in [-0.05, 0) is 53.2 Å². The molecule has 3 aromatic rings. The molecular weight excluding hydrogens is 394 g/mol. The number of halogens is 2.